The molecule has 0 radical (unpaired) electrons. The van der Waals surface area contributed by atoms with Crippen LogP contribution in [-0.2, 0) is 21.4 Å². The number of amides is 1. The van der Waals surface area contributed by atoms with Crippen LogP contribution in [0.1, 0.15) is 31.9 Å². The van der Waals surface area contributed by atoms with Gasteiger partial charge in [-0.1, -0.05) is 25.1 Å². The van der Waals surface area contributed by atoms with Gasteiger partial charge in [0.15, 0.2) is 0 Å². The van der Waals surface area contributed by atoms with Crippen molar-refractivity contribution in [3.8, 4) is 6.07 Å². The number of nitriles is 1. The number of carbonyl (C=O) groups is 1. The van der Waals surface area contributed by atoms with E-state index in [9.17, 15) is 18.5 Å². The summed E-state index contributed by atoms with van der Waals surface area (Å²) in [5.41, 5.74) is 0.481. The summed E-state index contributed by atoms with van der Waals surface area (Å²) in [5, 5.41) is 11.5. The van der Waals surface area contributed by atoms with Crippen LogP contribution >= 0.6 is 11.3 Å². The first-order valence-electron chi connectivity index (χ1n) is 10.7. The second kappa shape index (κ2) is 9.45. The van der Waals surface area contributed by atoms with Crippen LogP contribution in [0.15, 0.2) is 52.9 Å². The van der Waals surface area contributed by atoms with E-state index in [0.717, 1.165) is 17.5 Å². The molecule has 1 fully saturated rings. The number of benzene rings is 1. The van der Waals surface area contributed by atoms with Crippen LogP contribution in [0.25, 0.3) is 10.1 Å². The Morgan fingerprint density at radius 2 is 2.00 bits per heavy atom. The van der Waals surface area contributed by atoms with Gasteiger partial charge in [-0.25, -0.2) is 8.42 Å². The van der Waals surface area contributed by atoms with Crippen molar-refractivity contribution >= 4 is 37.4 Å². The molecule has 3 aromatic rings. The van der Waals surface area contributed by atoms with Crippen LogP contribution in [0.5, 0.6) is 0 Å². The van der Waals surface area contributed by atoms with Crippen molar-refractivity contribution in [2.75, 3.05) is 13.1 Å². The van der Waals surface area contributed by atoms with Gasteiger partial charge in [0.1, 0.15) is 22.7 Å². The molecule has 2 aromatic heterocycles. The highest BCUT2D eigenvalue weighted by atomic mass is 32.2. The van der Waals surface area contributed by atoms with E-state index in [2.05, 4.69) is 17.7 Å². The molecule has 7 nitrogen and oxygen atoms in total. The van der Waals surface area contributed by atoms with Crippen molar-refractivity contribution in [2.24, 2.45) is 5.92 Å². The van der Waals surface area contributed by atoms with E-state index < -0.39 is 16.1 Å². The summed E-state index contributed by atoms with van der Waals surface area (Å²) >= 11 is 1.37. The maximum Gasteiger partial charge on any atom is 0.242 e. The average Bonchev–Trinajstić information content (AvgIpc) is 3.43. The van der Waals surface area contributed by atoms with Crippen LogP contribution in [0.4, 0.5) is 0 Å². The second-order valence-corrected chi connectivity index (χ2v) is 10.9. The summed E-state index contributed by atoms with van der Waals surface area (Å²) in [6.07, 6.45) is 3.85. The van der Waals surface area contributed by atoms with E-state index in [0.29, 0.717) is 36.6 Å². The van der Waals surface area contributed by atoms with E-state index >= 15 is 0 Å². The van der Waals surface area contributed by atoms with Crippen LogP contribution in [0.2, 0.25) is 0 Å². The number of rotatable bonds is 7. The molecule has 1 amide bonds. The third-order valence-electron chi connectivity index (χ3n) is 6.03. The van der Waals surface area contributed by atoms with Crippen molar-refractivity contribution in [1.29, 1.82) is 5.26 Å². The Balaban J connectivity index is 1.59. The van der Waals surface area contributed by atoms with Gasteiger partial charge in [-0.2, -0.15) is 9.98 Å². The topological polar surface area (TPSA) is 95.2 Å². The summed E-state index contributed by atoms with van der Waals surface area (Å²) in [6, 6.07) is 12.0. The first kappa shape index (κ1) is 22.5. The smallest absolute Gasteiger partial charge is 0.242 e. The standard InChI is InChI=1S/C23H26N4O3S2/c1-17-8-12-27(13-9-17)23(28)20(10-14-26-11-4-5-18(26)15-24)25-32(29,30)22-16-31-21-7-3-2-6-19(21)22/h2-7,11,16-17,20,25H,8-10,12-14H2,1H3. The number of carbonyl (C=O) groups excluding carboxylic acids is 1. The molecule has 1 N–H and O–H groups in total. The number of hydrogen-bond donors (Lipinski definition) is 1. The predicted octanol–water partition coefficient (Wildman–Crippen LogP) is 3.57. The van der Waals surface area contributed by atoms with Gasteiger partial charge in [0.2, 0.25) is 15.9 Å². The third-order valence-corrected chi connectivity index (χ3v) is 8.65. The molecule has 0 bridgehead atoms. The van der Waals surface area contributed by atoms with Crippen LogP contribution in [0.3, 0.4) is 0 Å². The maximum atomic E-state index is 13.4. The van der Waals surface area contributed by atoms with E-state index in [1.165, 1.54) is 11.3 Å². The molecule has 9 heteroatoms. The summed E-state index contributed by atoms with van der Waals surface area (Å²) in [5.74, 6) is 0.357. The fourth-order valence-corrected chi connectivity index (χ4v) is 6.80. The average molecular weight is 471 g/mol. The third kappa shape index (κ3) is 4.72. The number of aromatic nitrogens is 1. The summed E-state index contributed by atoms with van der Waals surface area (Å²) < 4.78 is 31.9. The molecule has 1 aliphatic heterocycles. The molecule has 3 heterocycles. The Morgan fingerprint density at radius 3 is 2.75 bits per heavy atom. The minimum absolute atomic E-state index is 0.196. The minimum Gasteiger partial charge on any atom is -0.341 e. The number of aryl methyl sites for hydroxylation is 1. The van der Waals surface area contributed by atoms with Gasteiger partial charge in [-0.3, -0.25) is 4.79 Å². The maximum absolute atomic E-state index is 13.4. The summed E-state index contributed by atoms with van der Waals surface area (Å²) in [7, 11) is -3.91. The molecule has 0 saturated carbocycles. The molecule has 1 saturated heterocycles. The van der Waals surface area contributed by atoms with Crippen LogP contribution < -0.4 is 4.72 Å². The molecule has 0 aliphatic carbocycles. The first-order chi connectivity index (χ1) is 15.4. The van der Waals surface area contributed by atoms with E-state index in [4.69, 9.17) is 0 Å². The van der Waals surface area contributed by atoms with Gasteiger partial charge in [-0.15, -0.1) is 11.3 Å². The lowest BCUT2D eigenvalue weighted by Gasteiger charge is -2.33. The summed E-state index contributed by atoms with van der Waals surface area (Å²) in [6.45, 7) is 3.79. The minimum atomic E-state index is -3.91. The highest BCUT2D eigenvalue weighted by Crippen LogP contribution is 2.29. The molecule has 1 atom stereocenters. The first-order valence-corrected chi connectivity index (χ1v) is 13.1. The van der Waals surface area contributed by atoms with Crippen molar-refractivity contribution in [1.82, 2.24) is 14.2 Å². The van der Waals surface area contributed by atoms with Gasteiger partial charge in [0, 0.05) is 41.3 Å². The lowest BCUT2D eigenvalue weighted by Crippen LogP contribution is -2.50. The largest absolute Gasteiger partial charge is 0.341 e. The Bertz CT molecular complexity index is 1250. The van der Waals surface area contributed by atoms with Crippen LogP contribution in [-0.4, -0.2) is 42.9 Å². The van der Waals surface area contributed by atoms with Crippen molar-refractivity contribution in [3.05, 3.63) is 53.7 Å². The molecule has 1 unspecified atom stereocenters. The molecular formula is C23H26N4O3S2. The number of nitrogens with zero attached hydrogens (tertiary/aromatic N) is 3. The quantitative estimate of drug-likeness (QED) is 0.571. The number of likely N-dealkylation sites (tertiary alicyclic amines) is 1. The van der Waals surface area contributed by atoms with E-state index in [1.807, 2.05) is 12.1 Å². The van der Waals surface area contributed by atoms with Crippen LogP contribution in [0, 0.1) is 17.2 Å². The number of piperidine rings is 1. The van der Waals surface area contributed by atoms with Gasteiger partial charge in [0.25, 0.3) is 0 Å². The molecular weight excluding hydrogens is 444 g/mol. The lowest BCUT2D eigenvalue weighted by atomic mass is 9.98. The zero-order valence-electron chi connectivity index (χ0n) is 17.9. The number of thiophene rings is 1. The lowest BCUT2D eigenvalue weighted by molar-refractivity contribution is -0.134. The SMILES string of the molecule is CC1CCN(C(=O)C(CCn2cccc2C#N)NS(=O)(=O)c2csc3ccccc23)CC1. The molecule has 32 heavy (non-hydrogen) atoms. The fraction of sp³-hybridized carbons (Fsp3) is 0.391. The van der Waals surface area contributed by atoms with Gasteiger partial charge in [0.05, 0.1) is 0 Å². The highest BCUT2D eigenvalue weighted by molar-refractivity contribution is 7.90. The molecule has 1 aliphatic rings. The van der Waals surface area contributed by atoms with Crippen molar-refractivity contribution in [3.63, 3.8) is 0 Å². The number of sulfonamides is 1. The normalized spacial score (nSPS) is 16.2. The molecule has 1 aromatic carbocycles. The second-order valence-electron chi connectivity index (χ2n) is 8.27. The summed E-state index contributed by atoms with van der Waals surface area (Å²) in [4.78, 5) is 15.3. The van der Waals surface area contributed by atoms with Crippen molar-refractivity contribution < 1.29 is 13.2 Å². The van der Waals surface area contributed by atoms with Gasteiger partial charge in [-0.05, 0) is 43.4 Å². The molecule has 0 spiro atoms. The Hall–Kier alpha value is -2.67. The fourth-order valence-electron chi connectivity index (χ4n) is 4.07. The Morgan fingerprint density at radius 1 is 1.25 bits per heavy atom. The zero-order chi connectivity index (χ0) is 22.7. The number of fused-ring (bicyclic) bond motifs is 1. The number of hydrogen-bond acceptors (Lipinski definition) is 5. The Kier molecular flexibility index (Phi) is 6.65. The molecule has 168 valence electrons. The Labute approximate surface area is 192 Å². The van der Waals surface area contributed by atoms with Gasteiger partial charge >= 0.3 is 0 Å². The molecule has 4 rings (SSSR count). The van der Waals surface area contributed by atoms with Gasteiger partial charge < -0.3 is 9.47 Å². The monoisotopic (exact) mass is 470 g/mol. The van der Waals surface area contributed by atoms with E-state index in [-0.39, 0.29) is 17.2 Å². The van der Waals surface area contributed by atoms with Crippen molar-refractivity contribution in [2.45, 2.75) is 43.7 Å². The number of nitrogens with one attached hydrogen (secondary N) is 1. The highest BCUT2D eigenvalue weighted by Gasteiger charge is 2.32. The zero-order valence-corrected chi connectivity index (χ0v) is 19.5. The predicted molar refractivity (Wildman–Crippen MR) is 125 cm³/mol. The van der Waals surface area contributed by atoms with E-state index in [1.54, 1.807) is 45.3 Å².